The van der Waals surface area contributed by atoms with Gasteiger partial charge in [0, 0.05) is 60.8 Å². The van der Waals surface area contributed by atoms with Gasteiger partial charge in [-0.05, 0) is 82.9 Å². The fraction of sp³-hybridized carbons (Fsp3) is 0. The smallest absolute Gasteiger partial charge is 0.164 e. The van der Waals surface area contributed by atoms with Crippen LogP contribution in [0.15, 0.2) is 215 Å². The number of hydrogen-bond acceptors (Lipinski definition) is 5. The second-order valence-corrected chi connectivity index (χ2v) is 15.9. The lowest BCUT2D eigenvalue weighted by atomic mass is 9.98. The number of furan rings is 2. The summed E-state index contributed by atoms with van der Waals surface area (Å²) >= 11 is 0. The molecule has 0 amide bonds. The minimum atomic E-state index is 0.557. The lowest BCUT2D eigenvalue weighted by Gasteiger charge is -2.11. The van der Waals surface area contributed by atoms with Crippen LogP contribution in [-0.2, 0) is 0 Å². The maximum absolute atomic E-state index is 6.70. The highest BCUT2D eigenvalue weighted by Crippen LogP contribution is 2.41. The van der Waals surface area contributed by atoms with E-state index < -0.39 is 0 Å². The molecule has 4 heterocycles. The Kier molecular flexibility index (Phi) is 7.80. The number of rotatable bonds is 6. The Bertz CT molecular complexity index is 3870. The van der Waals surface area contributed by atoms with Gasteiger partial charge in [0.05, 0.1) is 11.0 Å². The van der Waals surface area contributed by atoms with E-state index in [0.717, 1.165) is 99.5 Å². The molecule has 0 saturated carbocycles. The van der Waals surface area contributed by atoms with E-state index >= 15 is 0 Å². The summed E-state index contributed by atoms with van der Waals surface area (Å²) in [4.78, 5) is 15.8. The Morgan fingerprint density at radius 1 is 0.302 bits per heavy atom. The van der Waals surface area contributed by atoms with Gasteiger partial charge in [0.1, 0.15) is 22.3 Å². The van der Waals surface area contributed by atoms with E-state index in [9.17, 15) is 0 Å². The average molecular weight is 807 g/mol. The second-order valence-electron chi connectivity index (χ2n) is 15.9. The van der Waals surface area contributed by atoms with Crippen LogP contribution in [0.5, 0.6) is 0 Å². The summed E-state index contributed by atoms with van der Waals surface area (Å²) in [5.41, 5.74) is 13.6. The van der Waals surface area contributed by atoms with Crippen molar-refractivity contribution in [3.8, 4) is 62.1 Å². The van der Waals surface area contributed by atoms with Crippen molar-refractivity contribution in [1.29, 1.82) is 0 Å². The summed E-state index contributed by atoms with van der Waals surface area (Å²) in [7, 11) is 0. The molecule has 0 atom stereocenters. The van der Waals surface area contributed by atoms with Gasteiger partial charge in [-0.25, -0.2) is 15.0 Å². The topological polar surface area (TPSA) is 69.9 Å². The molecule has 0 unspecified atom stereocenters. The molecule has 0 bridgehead atoms. The fourth-order valence-electron chi connectivity index (χ4n) is 9.39. The van der Waals surface area contributed by atoms with Crippen LogP contribution < -0.4 is 0 Å². The molecule has 294 valence electrons. The summed E-state index contributed by atoms with van der Waals surface area (Å²) in [5, 5.41) is 6.42. The van der Waals surface area contributed by atoms with E-state index in [2.05, 4.69) is 162 Å². The molecule has 0 aliphatic heterocycles. The van der Waals surface area contributed by atoms with Gasteiger partial charge in [-0.15, -0.1) is 0 Å². The van der Waals surface area contributed by atoms with Crippen molar-refractivity contribution in [2.45, 2.75) is 0 Å². The fourth-order valence-corrected chi connectivity index (χ4v) is 9.39. The normalized spacial score (nSPS) is 11.8. The molecule has 0 spiro atoms. The van der Waals surface area contributed by atoms with E-state index in [4.69, 9.17) is 23.8 Å². The summed E-state index contributed by atoms with van der Waals surface area (Å²) in [5.74, 6) is 1.70. The van der Waals surface area contributed by atoms with Gasteiger partial charge in [0.15, 0.2) is 17.5 Å². The molecule has 6 heteroatoms. The molecule has 0 N–H and O–H groups in total. The summed E-state index contributed by atoms with van der Waals surface area (Å²) in [6.45, 7) is 0. The molecule has 13 aromatic rings. The molecule has 0 saturated heterocycles. The third kappa shape index (κ3) is 5.69. The van der Waals surface area contributed by atoms with Crippen LogP contribution in [0.4, 0.5) is 0 Å². The van der Waals surface area contributed by atoms with E-state index in [0.29, 0.717) is 17.5 Å². The minimum Gasteiger partial charge on any atom is -0.456 e. The first-order valence-electron chi connectivity index (χ1n) is 21.1. The van der Waals surface area contributed by atoms with Gasteiger partial charge in [-0.3, -0.25) is 0 Å². The third-order valence-electron chi connectivity index (χ3n) is 12.3. The van der Waals surface area contributed by atoms with Gasteiger partial charge >= 0.3 is 0 Å². The predicted molar refractivity (Wildman–Crippen MR) is 256 cm³/mol. The van der Waals surface area contributed by atoms with Gasteiger partial charge in [-0.2, -0.15) is 0 Å². The van der Waals surface area contributed by atoms with Gasteiger partial charge < -0.3 is 13.4 Å². The molecule has 0 fully saturated rings. The Balaban J connectivity index is 1.01. The molecule has 13 rings (SSSR count). The van der Waals surface area contributed by atoms with Crippen LogP contribution in [0, 0.1) is 0 Å². The molecule has 6 nitrogen and oxygen atoms in total. The average Bonchev–Trinajstić information content (AvgIpc) is 4.03. The van der Waals surface area contributed by atoms with E-state index in [1.165, 1.54) is 10.8 Å². The van der Waals surface area contributed by atoms with Crippen molar-refractivity contribution >= 4 is 65.7 Å². The quantitative estimate of drug-likeness (QED) is 0.167. The van der Waals surface area contributed by atoms with Gasteiger partial charge in [-0.1, -0.05) is 140 Å². The molecule has 9 aromatic carbocycles. The van der Waals surface area contributed by atoms with Gasteiger partial charge in [0.25, 0.3) is 0 Å². The van der Waals surface area contributed by atoms with Crippen LogP contribution in [0.25, 0.3) is 128 Å². The molecular weight excluding hydrogens is 773 g/mol. The van der Waals surface area contributed by atoms with Crippen molar-refractivity contribution in [2.75, 3.05) is 0 Å². The van der Waals surface area contributed by atoms with Crippen molar-refractivity contribution in [3.05, 3.63) is 206 Å². The predicted octanol–water partition coefficient (Wildman–Crippen LogP) is 15.1. The first-order valence-corrected chi connectivity index (χ1v) is 21.1. The van der Waals surface area contributed by atoms with E-state index in [1.54, 1.807) is 0 Å². The standard InChI is InChI=1S/C57H34N4O2/c1-3-14-35(15-4-1)37-18-11-19-38(32-37)55-58-56(39-28-31-49-46(33-39)53-41(22-12-26-50(53)62-49)36-16-5-2-6-17-36)60-57(59-55)45-23-13-27-51-54(45)44-30-29-40(34-52(44)63-51)61-47-24-9-7-20-42(47)43-21-8-10-25-48(43)61/h1-34H. The SMILES string of the molecule is c1ccc(-c2cccc(-c3nc(-c4ccc5oc6cccc(-c7ccccc7)c6c5c4)nc(-c4cccc5oc6cc(-n7c8ccccc8c8ccccc87)ccc6c45)n3)c2)cc1. The molecule has 4 aromatic heterocycles. The van der Waals surface area contributed by atoms with Crippen LogP contribution >= 0.6 is 0 Å². The number of aromatic nitrogens is 4. The van der Waals surface area contributed by atoms with Crippen LogP contribution in [0.3, 0.4) is 0 Å². The van der Waals surface area contributed by atoms with Crippen molar-refractivity contribution in [3.63, 3.8) is 0 Å². The number of hydrogen-bond donors (Lipinski definition) is 0. The first-order chi connectivity index (χ1) is 31.2. The first kappa shape index (κ1) is 35.2. The molecule has 0 radical (unpaired) electrons. The van der Waals surface area contributed by atoms with Crippen LogP contribution in [-0.4, -0.2) is 19.5 Å². The number of benzene rings is 9. The lowest BCUT2D eigenvalue weighted by molar-refractivity contribution is 0.668. The van der Waals surface area contributed by atoms with E-state index in [1.807, 2.05) is 48.5 Å². The minimum absolute atomic E-state index is 0.557. The Morgan fingerprint density at radius 3 is 1.59 bits per heavy atom. The highest BCUT2D eigenvalue weighted by Gasteiger charge is 2.21. The summed E-state index contributed by atoms with van der Waals surface area (Å²) in [6, 6.07) is 71.4. The second kappa shape index (κ2) is 14.0. The molecule has 0 aliphatic rings. The lowest BCUT2D eigenvalue weighted by Crippen LogP contribution is -2.00. The highest BCUT2D eigenvalue weighted by atomic mass is 16.3. The Morgan fingerprint density at radius 2 is 0.857 bits per heavy atom. The third-order valence-corrected chi connectivity index (χ3v) is 12.3. The highest BCUT2D eigenvalue weighted by molar-refractivity contribution is 6.15. The monoisotopic (exact) mass is 806 g/mol. The van der Waals surface area contributed by atoms with Crippen molar-refractivity contribution in [2.24, 2.45) is 0 Å². The molecular formula is C57H34N4O2. The Labute approximate surface area is 361 Å². The zero-order valence-electron chi connectivity index (χ0n) is 33.7. The number of nitrogens with zero attached hydrogens (tertiary/aromatic N) is 4. The largest absolute Gasteiger partial charge is 0.456 e. The zero-order chi connectivity index (χ0) is 41.4. The summed E-state index contributed by atoms with van der Waals surface area (Å²) < 4.78 is 15.5. The van der Waals surface area contributed by atoms with Crippen LogP contribution in [0.1, 0.15) is 0 Å². The summed E-state index contributed by atoms with van der Waals surface area (Å²) in [6.07, 6.45) is 0. The molecule has 63 heavy (non-hydrogen) atoms. The van der Waals surface area contributed by atoms with Crippen molar-refractivity contribution in [1.82, 2.24) is 19.5 Å². The maximum atomic E-state index is 6.70. The van der Waals surface area contributed by atoms with Crippen LogP contribution in [0.2, 0.25) is 0 Å². The van der Waals surface area contributed by atoms with E-state index in [-0.39, 0.29) is 0 Å². The number of fused-ring (bicyclic) bond motifs is 9. The zero-order valence-corrected chi connectivity index (χ0v) is 33.7. The van der Waals surface area contributed by atoms with Gasteiger partial charge in [0.2, 0.25) is 0 Å². The maximum Gasteiger partial charge on any atom is 0.164 e. The number of para-hydroxylation sites is 2. The molecule has 0 aliphatic carbocycles. The van der Waals surface area contributed by atoms with Crippen molar-refractivity contribution < 1.29 is 8.83 Å². The Hall–Kier alpha value is -8.61.